The molecule has 48 heavy (non-hydrogen) atoms. The highest BCUT2D eigenvalue weighted by atomic mass is 19.4. The molecule has 0 bridgehead atoms. The number of anilines is 4. The monoisotopic (exact) mass is 665 g/mol. The molecule has 1 atom stereocenters. The molecule has 0 radical (unpaired) electrons. The van der Waals surface area contributed by atoms with E-state index in [4.69, 9.17) is 14.5 Å². The number of aromatic nitrogens is 7. The van der Waals surface area contributed by atoms with Gasteiger partial charge < -0.3 is 30.4 Å². The Labute approximate surface area is 273 Å². The summed E-state index contributed by atoms with van der Waals surface area (Å²) in [5.74, 6) is 1.23. The van der Waals surface area contributed by atoms with Crippen molar-refractivity contribution in [1.29, 1.82) is 0 Å². The van der Waals surface area contributed by atoms with E-state index in [-0.39, 0.29) is 30.4 Å². The van der Waals surface area contributed by atoms with E-state index in [9.17, 15) is 18.0 Å². The molecule has 1 aliphatic rings. The SMILES string of the molecule is COc1ccc2c(-c3nc(Nc4cc(C)n(C)n4)ncc3C)c[nH]c2c1NC(=O)CN1CC[C@H](Oc2ccnc(NCC(F)(F)F)n2)C1. The highest BCUT2D eigenvalue weighted by Gasteiger charge is 2.29. The van der Waals surface area contributed by atoms with E-state index in [1.54, 1.807) is 16.9 Å². The number of fused-ring (bicyclic) bond motifs is 1. The van der Waals surface area contributed by atoms with Crippen molar-refractivity contribution in [3.63, 3.8) is 0 Å². The summed E-state index contributed by atoms with van der Waals surface area (Å²) < 4.78 is 50.9. The summed E-state index contributed by atoms with van der Waals surface area (Å²) in [6.07, 6.45) is 0.812. The number of ether oxygens (including phenoxy) is 2. The molecule has 1 fully saturated rings. The lowest BCUT2D eigenvalue weighted by Gasteiger charge is -2.17. The Kier molecular flexibility index (Phi) is 9.03. The fourth-order valence-electron chi connectivity index (χ4n) is 5.44. The van der Waals surface area contributed by atoms with Crippen LogP contribution in [0.5, 0.6) is 11.6 Å². The average Bonchev–Trinajstić information content (AvgIpc) is 3.75. The van der Waals surface area contributed by atoms with Gasteiger partial charge in [0, 0.05) is 67.5 Å². The number of carbonyl (C=O) groups excluding carboxylic acids is 1. The third kappa shape index (κ3) is 7.41. The molecule has 4 aromatic heterocycles. The van der Waals surface area contributed by atoms with Gasteiger partial charge in [-0.15, -0.1) is 0 Å². The Morgan fingerprint density at radius 1 is 1.15 bits per heavy atom. The van der Waals surface area contributed by atoms with Crippen LogP contribution in [0.2, 0.25) is 0 Å². The number of methoxy groups -OCH3 is 1. The number of benzene rings is 1. The topological polar surface area (TPSA) is 160 Å². The maximum Gasteiger partial charge on any atom is 0.405 e. The van der Waals surface area contributed by atoms with E-state index in [1.807, 2.05) is 44.1 Å². The number of amides is 1. The molecule has 0 spiro atoms. The number of nitrogens with zero attached hydrogens (tertiary/aromatic N) is 7. The van der Waals surface area contributed by atoms with E-state index in [0.29, 0.717) is 53.9 Å². The summed E-state index contributed by atoms with van der Waals surface area (Å²) in [6, 6.07) is 7.09. The third-order valence-electron chi connectivity index (χ3n) is 7.84. The minimum Gasteiger partial charge on any atom is -0.494 e. The Morgan fingerprint density at radius 3 is 2.73 bits per heavy atom. The summed E-state index contributed by atoms with van der Waals surface area (Å²) in [6.45, 7) is 3.72. The van der Waals surface area contributed by atoms with Crippen LogP contribution in [0.25, 0.3) is 22.2 Å². The molecule has 1 aliphatic heterocycles. The van der Waals surface area contributed by atoms with Crippen molar-refractivity contribution < 1.29 is 27.4 Å². The number of H-pyrrole nitrogens is 1. The van der Waals surface area contributed by atoms with Gasteiger partial charge in [0.15, 0.2) is 5.82 Å². The van der Waals surface area contributed by atoms with Crippen LogP contribution in [0.4, 0.5) is 36.6 Å². The molecule has 17 heteroatoms. The summed E-state index contributed by atoms with van der Waals surface area (Å²) in [5, 5.41) is 13.6. The second kappa shape index (κ2) is 13.3. The van der Waals surface area contributed by atoms with Crippen LogP contribution in [0, 0.1) is 13.8 Å². The van der Waals surface area contributed by atoms with Crippen molar-refractivity contribution in [3.8, 4) is 22.9 Å². The van der Waals surface area contributed by atoms with Crippen LogP contribution in [-0.4, -0.2) is 91.1 Å². The van der Waals surface area contributed by atoms with Crippen LogP contribution in [0.1, 0.15) is 17.7 Å². The third-order valence-corrected chi connectivity index (χ3v) is 7.84. The number of aryl methyl sites for hydroxylation is 3. The van der Waals surface area contributed by atoms with Crippen molar-refractivity contribution in [3.05, 3.63) is 54.1 Å². The largest absolute Gasteiger partial charge is 0.494 e. The molecule has 1 amide bonds. The van der Waals surface area contributed by atoms with Crippen LogP contribution in [0.3, 0.4) is 0 Å². The predicted molar refractivity (Wildman–Crippen MR) is 173 cm³/mol. The normalized spacial score (nSPS) is 15.1. The number of hydrogen-bond acceptors (Lipinski definition) is 11. The van der Waals surface area contributed by atoms with Gasteiger partial charge in [-0.25, -0.2) is 15.0 Å². The molecule has 0 aliphatic carbocycles. The Balaban J connectivity index is 1.13. The predicted octanol–water partition coefficient (Wildman–Crippen LogP) is 4.58. The molecule has 1 aromatic carbocycles. The lowest BCUT2D eigenvalue weighted by Crippen LogP contribution is -2.33. The summed E-state index contributed by atoms with van der Waals surface area (Å²) in [5.41, 5.74) is 4.55. The molecule has 5 aromatic rings. The van der Waals surface area contributed by atoms with E-state index >= 15 is 0 Å². The second-order valence-electron chi connectivity index (χ2n) is 11.4. The molecule has 0 unspecified atom stereocenters. The quantitative estimate of drug-likeness (QED) is 0.156. The zero-order chi connectivity index (χ0) is 34.0. The van der Waals surface area contributed by atoms with E-state index < -0.39 is 12.7 Å². The molecule has 14 nitrogen and oxygen atoms in total. The van der Waals surface area contributed by atoms with Gasteiger partial charge in [-0.05, 0) is 38.0 Å². The Hall–Kier alpha value is -5.45. The number of rotatable bonds is 11. The van der Waals surface area contributed by atoms with E-state index in [0.717, 1.165) is 22.2 Å². The van der Waals surface area contributed by atoms with Gasteiger partial charge in [-0.3, -0.25) is 14.4 Å². The average molecular weight is 666 g/mol. The van der Waals surface area contributed by atoms with Crippen LogP contribution >= 0.6 is 0 Å². The molecule has 4 N–H and O–H groups in total. The van der Waals surface area contributed by atoms with Gasteiger partial charge >= 0.3 is 6.18 Å². The molecule has 1 saturated heterocycles. The van der Waals surface area contributed by atoms with Gasteiger partial charge in [0.05, 0.1) is 24.9 Å². The first-order valence-corrected chi connectivity index (χ1v) is 15.1. The molecule has 5 heterocycles. The van der Waals surface area contributed by atoms with Crippen molar-refractivity contribution in [2.75, 3.05) is 49.2 Å². The number of likely N-dealkylation sites (tertiary alicyclic amines) is 1. The summed E-state index contributed by atoms with van der Waals surface area (Å²) in [4.78, 5) is 35.5. The second-order valence-corrected chi connectivity index (χ2v) is 11.4. The van der Waals surface area contributed by atoms with E-state index in [2.05, 4.69) is 41.0 Å². The Bertz CT molecular complexity index is 1920. The van der Waals surface area contributed by atoms with Crippen LogP contribution < -0.4 is 25.4 Å². The fourth-order valence-corrected chi connectivity index (χ4v) is 5.44. The highest BCUT2D eigenvalue weighted by molar-refractivity contribution is 6.08. The molecule has 0 saturated carbocycles. The van der Waals surface area contributed by atoms with Gasteiger partial charge in [0.25, 0.3) is 0 Å². The molecule has 252 valence electrons. The van der Waals surface area contributed by atoms with Gasteiger partial charge in [0.1, 0.15) is 24.1 Å². The van der Waals surface area contributed by atoms with Crippen molar-refractivity contribution in [2.24, 2.45) is 7.05 Å². The van der Waals surface area contributed by atoms with Crippen molar-refractivity contribution in [2.45, 2.75) is 32.5 Å². The Morgan fingerprint density at radius 2 is 1.98 bits per heavy atom. The standard InChI is InChI=1S/C31H34F3N11O3/c1-17-12-37-30(39-23-11-18(2)44(3)43-23)42-26(17)21-13-36-27-20(21)5-6-22(47-4)28(27)40-24(46)15-45-10-8-19(14-45)48-25-7-9-35-29(41-25)38-16-31(32,33)34/h5-7,9,11-13,19,36H,8,10,14-16H2,1-4H3,(H,40,46)(H,35,38,41)(H,37,39,42,43)/t19-/m0/s1. The van der Waals surface area contributed by atoms with Crippen LogP contribution in [0.15, 0.2) is 42.9 Å². The van der Waals surface area contributed by atoms with Crippen molar-refractivity contribution >= 4 is 40.2 Å². The maximum atomic E-state index is 13.3. The minimum absolute atomic E-state index is 0.0855. The molecular weight excluding hydrogens is 631 g/mol. The van der Waals surface area contributed by atoms with Gasteiger partial charge in [-0.2, -0.15) is 23.3 Å². The minimum atomic E-state index is -4.40. The highest BCUT2D eigenvalue weighted by Crippen LogP contribution is 2.38. The maximum absolute atomic E-state index is 13.3. The fraction of sp³-hybridized carbons (Fsp3) is 0.355. The molecule has 6 rings (SSSR count). The number of hydrogen-bond donors (Lipinski definition) is 4. The van der Waals surface area contributed by atoms with Gasteiger partial charge in [-0.1, -0.05) is 0 Å². The summed E-state index contributed by atoms with van der Waals surface area (Å²) in [7, 11) is 3.39. The van der Waals surface area contributed by atoms with E-state index in [1.165, 1.54) is 19.4 Å². The number of halogens is 3. The number of nitrogens with one attached hydrogen (secondary N) is 4. The van der Waals surface area contributed by atoms with Gasteiger partial charge in [0.2, 0.25) is 23.7 Å². The smallest absolute Gasteiger partial charge is 0.405 e. The lowest BCUT2D eigenvalue weighted by molar-refractivity contribution is -0.117. The first-order valence-electron chi connectivity index (χ1n) is 15.1. The first kappa shape index (κ1) is 32.5. The van der Waals surface area contributed by atoms with Crippen molar-refractivity contribution in [1.82, 2.24) is 39.6 Å². The molecular formula is C31H34F3N11O3. The summed E-state index contributed by atoms with van der Waals surface area (Å²) >= 11 is 0. The number of carbonyl (C=O) groups is 1. The first-order chi connectivity index (χ1) is 23.0. The zero-order valence-corrected chi connectivity index (χ0v) is 26.6. The number of alkyl halides is 3. The zero-order valence-electron chi connectivity index (χ0n) is 26.6. The lowest BCUT2D eigenvalue weighted by atomic mass is 10.1. The number of aromatic amines is 1. The van der Waals surface area contributed by atoms with Crippen LogP contribution in [-0.2, 0) is 11.8 Å².